The second-order valence-electron chi connectivity index (χ2n) is 7.82. The van der Waals surface area contributed by atoms with Crippen molar-refractivity contribution < 1.29 is 9.53 Å². The number of benzene rings is 1. The number of aromatic nitrogens is 2. The molecule has 0 unspecified atom stereocenters. The van der Waals surface area contributed by atoms with Crippen molar-refractivity contribution in [2.45, 2.75) is 25.8 Å². The van der Waals surface area contributed by atoms with Crippen LogP contribution in [0.25, 0.3) is 21.7 Å². The van der Waals surface area contributed by atoms with Gasteiger partial charge in [-0.3, -0.25) is 9.69 Å². The molecule has 0 saturated carbocycles. The van der Waals surface area contributed by atoms with Crippen LogP contribution in [0, 0.1) is 0 Å². The lowest BCUT2D eigenvalue weighted by atomic mass is 10.1. The van der Waals surface area contributed by atoms with Gasteiger partial charge in [-0.2, -0.15) is 0 Å². The molecule has 1 N–H and O–H groups in total. The number of morpholine rings is 1. The predicted octanol–water partition coefficient (Wildman–Crippen LogP) is 3.75. The van der Waals surface area contributed by atoms with Gasteiger partial charge in [0, 0.05) is 30.1 Å². The largest absolute Gasteiger partial charge is 0.378 e. The summed E-state index contributed by atoms with van der Waals surface area (Å²) in [6.45, 7) is 5.97. The zero-order valence-electron chi connectivity index (χ0n) is 16.5. The number of H-pyrrole nitrogens is 1. The molecule has 1 amide bonds. The van der Waals surface area contributed by atoms with Crippen LogP contribution in [0.3, 0.4) is 0 Å². The van der Waals surface area contributed by atoms with Crippen molar-refractivity contribution in [1.82, 2.24) is 19.8 Å². The molecule has 5 rings (SSSR count). The zero-order chi connectivity index (χ0) is 19.6. The van der Waals surface area contributed by atoms with E-state index >= 15 is 0 Å². The SMILES string of the molecule is O=C(c1ccc2nc(-c3ccc(CN4CCCCC4)s3)[nH]c2c1)N1CCOCC1. The molecule has 0 radical (unpaired) electrons. The number of nitrogens with zero attached hydrogens (tertiary/aromatic N) is 3. The summed E-state index contributed by atoms with van der Waals surface area (Å²) in [6.07, 6.45) is 3.99. The molecule has 0 spiro atoms. The molecule has 29 heavy (non-hydrogen) atoms. The molecule has 0 aliphatic carbocycles. The predicted molar refractivity (Wildman–Crippen MR) is 115 cm³/mol. The van der Waals surface area contributed by atoms with Gasteiger partial charge >= 0.3 is 0 Å². The quantitative estimate of drug-likeness (QED) is 0.712. The molecule has 2 saturated heterocycles. The Hall–Kier alpha value is -2.22. The summed E-state index contributed by atoms with van der Waals surface area (Å²) in [4.78, 5) is 27.8. The van der Waals surface area contributed by atoms with Crippen LogP contribution in [0.4, 0.5) is 0 Å². The number of thiophene rings is 1. The summed E-state index contributed by atoms with van der Waals surface area (Å²) in [6, 6.07) is 10.1. The fraction of sp³-hybridized carbons (Fsp3) is 0.455. The number of ether oxygens (including phenoxy) is 1. The minimum absolute atomic E-state index is 0.0614. The smallest absolute Gasteiger partial charge is 0.254 e. The summed E-state index contributed by atoms with van der Waals surface area (Å²) in [5, 5.41) is 0. The van der Waals surface area contributed by atoms with E-state index in [9.17, 15) is 4.79 Å². The van der Waals surface area contributed by atoms with E-state index in [0.29, 0.717) is 31.9 Å². The lowest BCUT2D eigenvalue weighted by molar-refractivity contribution is 0.0303. The number of hydrogen-bond acceptors (Lipinski definition) is 5. The average Bonchev–Trinajstić information content (AvgIpc) is 3.41. The van der Waals surface area contributed by atoms with Gasteiger partial charge in [-0.25, -0.2) is 4.98 Å². The maximum absolute atomic E-state index is 12.7. The Labute approximate surface area is 174 Å². The second kappa shape index (κ2) is 8.26. The number of imidazole rings is 1. The highest BCUT2D eigenvalue weighted by atomic mass is 32.1. The van der Waals surface area contributed by atoms with Gasteiger partial charge in [0.1, 0.15) is 5.82 Å². The highest BCUT2D eigenvalue weighted by Crippen LogP contribution is 2.29. The van der Waals surface area contributed by atoms with Crippen LogP contribution in [0.15, 0.2) is 30.3 Å². The van der Waals surface area contributed by atoms with Crippen LogP contribution in [0.1, 0.15) is 34.5 Å². The first-order chi connectivity index (χ1) is 14.3. The van der Waals surface area contributed by atoms with Gasteiger partial charge < -0.3 is 14.6 Å². The Morgan fingerprint density at radius 1 is 1.07 bits per heavy atom. The fourth-order valence-corrected chi connectivity index (χ4v) is 5.13. The number of carbonyl (C=O) groups is 1. The molecule has 4 heterocycles. The minimum atomic E-state index is 0.0614. The number of amides is 1. The van der Waals surface area contributed by atoms with Crippen molar-refractivity contribution in [2.24, 2.45) is 0 Å². The first kappa shape index (κ1) is 18.8. The van der Waals surface area contributed by atoms with Gasteiger partial charge in [0.05, 0.1) is 29.1 Å². The van der Waals surface area contributed by atoms with E-state index in [0.717, 1.165) is 28.3 Å². The number of rotatable bonds is 4. The number of hydrogen-bond donors (Lipinski definition) is 1. The summed E-state index contributed by atoms with van der Waals surface area (Å²) in [5.74, 6) is 0.942. The molecule has 1 aromatic carbocycles. The molecule has 2 fully saturated rings. The molecular formula is C22H26N4O2S. The van der Waals surface area contributed by atoms with Crippen molar-refractivity contribution >= 4 is 28.3 Å². The monoisotopic (exact) mass is 410 g/mol. The lowest BCUT2D eigenvalue weighted by Gasteiger charge is -2.26. The minimum Gasteiger partial charge on any atom is -0.378 e. The molecule has 3 aromatic rings. The van der Waals surface area contributed by atoms with Crippen molar-refractivity contribution in [2.75, 3.05) is 39.4 Å². The number of aromatic amines is 1. The Morgan fingerprint density at radius 3 is 2.72 bits per heavy atom. The molecule has 7 heteroatoms. The van der Waals surface area contributed by atoms with E-state index in [-0.39, 0.29) is 5.91 Å². The Balaban J connectivity index is 1.34. The lowest BCUT2D eigenvalue weighted by Crippen LogP contribution is -2.40. The van der Waals surface area contributed by atoms with Crippen molar-refractivity contribution in [3.8, 4) is 10.7 Å². The maximum atomic E-state index is 12.7. The molecule has 2 aliphatic heterocycles. The van der Waals surface area contributed by atoms with Gasteiger partial charge in [-0.15, -0.1) is 11.3 Å². The summed E-state index contributed by atoms with van der Waals surface area (Å²) in [5.41, 5.74) is 2.50. The average molecular weight is 411 g/mol. The van der Waals surface area contributed by atoms with Crippen molar-refractivity contribution in [3.05, 3.63) is 40.8 Å². The first-order valence-corrected chi connectivity index (χ1v) is 11.3. The molecule has 6 nitrogen and oxygen atoms in total. The third-order valence-electron chi connectivity index (χ3n) is 5.75. The molecule has 152 valence electrons. The molecular weight excluding hydrogens is 384 g/mol. The van der Waals surface area contributed by atoms with Crippen LogP contribution in [0.2, 0.25) is 0 Å². The number of likely N-dealkylation sites (tertiary alicyclic amines) is 1. The number of nitrogens with one attached hydrogen (secondary N) is 1. The maximum Gasteiger partial charge on any atom is 0.254 e. The normalized spacial score (nSPS) is 18.4. The number of carbonyl (C=O) groups excluding carboxylic acids is 1. The van der Waals surface area contributed by atoms with Gasteiger partial charge in [0.25, 0.3) is 5.91 Å². The van der Waals surface area contributed by atoms with Gasteiger partial charge in [-0.05, 0) is 56.3 Å². The Kier molecular flexibility index (Phi) is 5.35. The van der Waals surface area contributed by atoms with Crippen LogP contribution in [-0.4, -0.2) is 65.1 Å². The molecule has 2 aliphatic rings. The third kappa shape index (κ3) is 4.08. The molecule has 2 aromatic heterocycles. The van der Waals surface area contributed by atoms with Crippen molar-refractivity contribution in [3.63, 3.8) is 0 Å². The van der Waals surface area contributed by atoms with Gasteiger partial charge in [-0.1, -0.05) is 6.42 Å². The fourth-order valence-electron chi connectivity index (χ4n) is 4.14. The standard InChI is InChI=1S/C22H26N4O2S/c27-22(26-10-12-28-13-11-26)16-4-6-18-19(14-16)24-21(23-18)20-7-5-17(29-20)15-25-8-2-1-3-9-25/h4-7,14H,1-3,8-13,15H2,(H,23,24). The Bertz CT molecular complexity index is 999. The van der Waals surface area contributed by atoms with E-state index in [1.807, 2.05) is 23.1 Å². The number of fused-ring (bicyclic) bond motifs is 1. The van der Waals surface area contributed by atoms with Crippen LogP contribution in [-0.2, 0) is 11.3 Å². The highest BCUT2D eigenvalue weighted by Gasteiger charge is 2.19. The third-order valence-corrected chi connectivity index (χ3v) is 6.83. The topological polar surface area (TPSA) is 61.5 Å². The summed E-state index contributed by atoms with van der Waals surface area (Å²) < 4.78 is 5.35. The second-order valence-corrected chi connectivity index (χ2v) is 8.99. The van der Waals surface area contributed by atoms with E-state index in [2.05, 4.69) is 22.0 Å². The van der Waals surface area contributed by atoms with Crippen LogP contribution < -0.4 is 0 Å². The van der Waals surface area contributed by atoms with Crippen LogP contribution in [0.5, 0.6) is 0 Å². The first-order valence-electron chi connectivity index (χ1n) is 10.4. The van der Waals surface area contributed by atoms with Crippen molar-refractivity contribution in [1.29, 1.82) is 0 Å². The zero-order valence-corrected chi connectivity index (χ0v) is 17.3. The van der Waals surface area contributed by atoms with Gasteiger partial charge in [0.2, 0.25) is 0 Å². The molecule has 0 bridgehead atoms. The molecule has 0 atom stereocenters. The van der Waals surface area contributed by atoms with Crippen LogP contribution >= 0.6 is 11.3 Å². The summed E-state index contributed by atoms with van der Waals surface area (Å²) in [7, 11) is 0. The van der Waals surface area contributed by atoms with E-state index in [1.165, 1.54) is 37.2 Å². The highest BCUT2D eigenvalue weighted by molar-refractivity contribution is 7.15. The number of piperidine rings is 1. The van der Waals surface area contributed by atoms with E-state index < -0.39 is 0 Å². The summed E-state index contributed by atoms with van der Waals surface area (Å²) >= 11 is 1.80. The van der Waals surface area contributed by atoms with E-state index in [4.69, 9.17) is 9.72 Å². The van der Waals surface area contributed by atoms with Gasteiger partial charge in [0.15, 0.2) is 0 Å². The Morgan fingerprint density at radius 2 is 1.90 bits per heavy atom. The van der Waals surface area contributed by atoms with E-state index in [1.54, 1.807) is 11.3 Å².